The molecule has 0 aliphatic carbocycles. The van der Waals surface area contributed by atoms with Crippen molar-refractivity contribution in [2.45, 2.75) is 170 Å². The standard InChI is InChI=1S/C14H21N3O5S.C13H19N3O5S.C12H17N3O5S.C11H15N3O5S.C7H9N3O3S.C6H7N3O3S/c1-3-5-8-22-11(18)7-6-10-13(20)15-14(17-16-10)23-9-12(19)21-4-2;1-4-20-11(18)7-22-13-14-12(19)9(15-16-13)5-6-10(17)21-8(2)3;1-3-19-9(16)6-5-8-11(18)13-12(15-14-8)21-7-10(17)20-4-2;1-3-19-9(16)6-20-11-12-10(17)7(13-14-11)4-5-8(15)18-2;1-2-13-6(12)4-14-7-9-5(11)3-8-10-7;1-3-5(12)7-6(9-8-3)13-2-4(10)11/h3-9H2,1-2H3,(H,15,17,20);8H,4-7H2,1-3H3,(H,14,16,19);3-7H2,1-2H3,(H,13,15,18);3-6H2,1-2H3,(H,12,14,17);3H,2,4H2,1H3,(H,9,10,11);2H2,1H3,(H,10,11)(H,7,9,12). The number of unbranched alkanes of at least 4 members (excludes halogenated alkanes) is 1. The fourth-order valence-electron chi connectivity index (χ4n) is 6.82. The molecule has 44 nitrogen and oxygen atoms in total. The van der Waals surface area contributed by atoms with Gasteiger partial charge in [0.15, 0.2) is 30.9 Å². The predicted molar refractivity (Wildman–Crippen MR) is 405 cm³/mol. The van der Waals surface area contributed by atoms with E-state index in [1.807, 2.05) is 6.92 Å². The molecule has 0 aliphatic heterocycles. The Labute approximate surface area is 668 Å². The maximum atomic E-state index is 11.8. The molecule has 0 aliphatic rings. The number of nitrogens with zero attached hydrogens (tertiary/aromatic N) is 12. The number of carboxylic acids is 1. The number of carboxylic acid groups (broad SMARTS) is 1. The van der Waals surface area contributed by atoms with Crippen LogP contribution in [0.1, 0.15) is 129 Å². The lowest BCUT2D eigenvalue weighted by Gasteiger charge is -2.07. The minimum absolute atomic E-state index is 0.0402. The van der Waals surface area contributed by atoms with Gasteiger partial charge in [-0.05, 0) is 68.7 Å². The lowest BCUT2D eigenvalue weighted by molar-refractivity contribution is -0.147. The molecule has 7 N–H and O–H groups in total. The van der Waals surface area contributed by atoms with Crippen LogP contribution in [0.2, 0.25) is 0 Å². The highest BCUT2D eigenvalue weighted by atomic mass is 32.2. The summed E-state index contributed by atoms with van der Waals surface area (Å²) in [5.41, 5.74) is -1.52. The Morgan fingerprint density at radius 2 is 0.664 bits per heavy atom. The largest absolute Gasteiger partial charge is 0.481 e. The Morgan fingerprint density at radius 3 is 0.956 bits per heavy atom. The number of aryl methyl sites for hydroxylation is 5. The van der Waals surface area contributed by atoms with Gasteiger partial charge in [-0.25, -0.2) is 0 Å². The average molecular weight is 1710 g/mol. The number of nitrogens with one attached hydrogen (secondary N) is 6. The molecular formula is C63H88N18O26S6. The fourth-order valence-corrected chi connectivity index (χ4v) is 10.4. The number of ether oxygens (including phenoxy) is 9. The van der Waals surface area contributed by atoms with Crippen molar-refractivity contribution < 1.29 is 95.7 Å². The van der Waals surface area contributed by atoms with Crippen LogP contribution in [-0.2, 0) is 116 Å². The third kappa shape index (κ3) is 48.9. The molecule has 0 fully saturated rings. The monoisotopic (exact) mass is 1700 g/mol. The quantitative estimate of drug-likeness (QED) is 0.0124. The van der Waals surface area contributed by atoms with Crippen LogP contribution in [-0.4, -0.2) is 250 Å². The van der Waals surface area contributed by atoms with Gasteiger partial charge in [0, 0.05) is 25.7 Å². The maximum Gasteiger partial charge on any atom is 0.316 e. The first kappa shape index (κ1) is 101. The van der Waals surface area contributed by atoms with Gasteiger partial charge in [-0.1, -0.05) is 83.9 Å². The van der Waals surface area contributed by atoms with E-state index in [-0.39, 0.29) is 181 Å². The number of carbonyl (C=O) groups is 10. The molecule has 6 aromatic heterocycles. The number of hydrogen-bond donors (Lipinski definition) is 7. The minimum Gasteiger partial charge on any atom is -0.481 e. The van der Waals surface area contributed by atoms with Crippen molar-refractivity contribution in [1.29, 1.82) is 0 Å². The molecule has 6 aromatic rings. The number of rotatable bonds is 40. The highest BCUT2D eigenvalue weighted by Crippen LogP contribution is 2.15. The van der Waals surface area contributed by atoms with Gasteiger partial charge in [-0.3, -0.25) is 107 Å². The van der Waals surface area contributed by atoms with Crippen LogP contribution >= 0.6 is 70.6 Å². The zero-order valence-corrected chi connectivity index (χ0v) is 68.3. The average Bonchev–Trinajstić information content (AvgIpc) is 0.885. The van der Waals surface area contributed by atoms with Gasteiger partial charge in [0.1, 0.15) is 34.7 Å². The SMILES string of the molecule is CCCCOC(=O)CCc1nnc(SCC(=O)OCC)[nH]c1=O.CCOC(=O)CCc1nnc(SCC(=O)OCC)[nH]c1=O.CCOC(=O)CSc1nnc(CCC(=O)OC(C)C)c(=O)[nH]1.CCOC(=O)CSc1nnc(CCC(=O)OC)c(=O)[nH]1.CCOC(=O)CSc1nncc(=O)[nH]1.Cc1nnc(SCC(=O)O)[nH]c1=O. The van der Waals surface area contributed by atoms with Crippen LogP contribution in [0.15, 0.2) is 65.9 Å². The van der Waals surface area contributed by atoms with E-state index in [0.717, 1.165) is 89.6 Å². The number of carbonyl (C=O) groups excluding carboxylic acids is 9. The van der Waals surface area contributed by atoms with Crippen LogP contribution in [0.4, 0.5) is 0 Å². The van der Waals surface area contributed by atoms with Crippen molar-refractivity contribution in [3.05, 3.63) is 96.8 Å². The summed E-state index contributed by atoms with van der Waals surface area (Å²) < 4.78 is 42.9. The number of aromatic nitrogens is 18. The predicted octanol–water partition coefficient (Wildman–Crippen LogP) is 1.51. The summed E-state index contributed by atoms with van der Waals surface area (Å²) in [4.78, 5) is 195. The molecule has 0 aromatic carbocycles. The molecule has 6 rings (SSSR count). The molecule has 622 valence electrons. The second-order valence-electron chi connectivity index (χ2n) is 21.0. The Morgan fingerprint density at radius 1 is 0.372 bits per heavy atom. The second kappa shape index (κ2) is 60.3. The molecule has 113 heavy (non-hydrogen) atoms. The first-order chi connectivity index (χ1) is 53.9. The molecule has 0 bridgehead atoms. The summed E-state index contributed by atoms with van der Waals surface area (Å²) in [5, 5.41) is 54.3. The van der Waals surface area contributed by atoms with Crippen molar-refractivity contribution >= 4 is 130 Å². The van der Waals surface area contributed by atoms with E-state index in [2.05, 4.69) is 95.8 Å². The Kier molecular flexibility index (Phi) is 53.8. The van der Waals surface area contributed by atoms with Crippen molar-refractivity contribution in [2.24, 2.45) is 0 Å². The summed E-state index contributed by atoms with van der Waals surface area (Å²) >= 11 is 6.12. The van der Waals surface area contributed by atoms with Gasteiger partial charge in [0.05, 0.1) is 120 Å². The second-order valence-corrected chi connectivity index (χ2v) is 26.7. The van der Waals surface area contributed by atoms with E-state index in [9.17, 15) is 76.7 Å². The Balaban J connectivity index is 0.000000685. The number of aromatic amines is 6. The number of aliphatic carboxylic acids is 1. The van der Waals surface area contributed by atoms with Crippen LogP contribution < -0.4 is 33.4 Å². The molecule has 0 saturated heterocycles. The highest BCUT2D eigenvalue weighted by molar-refractivity contribution is 8.00. The van der Waals surface area contributed by atoms with Crippen molar-refractivity contribution in [3.8, 4) is 0 Å². The summed E-state index contributed by atoms with van der Waals surface area (Å²) in [5.74, 6) is -4.31. The van der Waals surface area contributed by atoms with Crippen LogP contribution in [0.5, 0.6) is 0 Å². The molecule has 50 heteroatoms. The summed E-state index contributed by atoms with van der Waals surface area (Å²) in [6.45, 7) is 19.5. The van der Waals surface area contributed by atoms with Crippen LogP contribution in [0, 0.1) is 6.92 Å². The van der Waals surface area contributed by atoms with Gasteiger partial charge in [0.25, 0.3) is 33.4 Å². The summed E-state index contributed by atoms with van der Waals surface area (Å²) in [7, 11) is 1.27. The van der Waals surface area contributed by atoms with Gasteiger partial charge < -0.3 is 47.7 Å². The molecule has 0 spiro atoms. The maximum absolute atomic E-state index is 11.8. The normalized spacial score (nSPS) is 10.2. The number of esters is 9. The number of H-pyrrole nitrogens is 6. The van der Waals surface area contributed by atoms with Gasteiger partial charge in [0.2, 0.25) is 0 Å². The molecule has 0 radical (unpaired) electrons. The molecule has 0 unspecified atom stereocenters. The molecule has 0 atom stereocenters. The molecule has 0 saturated carbocycles. The van der Waals surface area contributed by atoms with Crippen molar-refractivity contribution in [1.82, 2.24) is 91.1 Å². The molecular weight excluding hydrogens is 1620 g/mol. The molecule has 0 amide bonds. The van der Waals surface area contributed by atoms with Crippen LogP contribution in [0.3, 0.4) is 0 Å². The first-order valence-corrected chi connectivity index (χ1v) is 39.9. The van der Waals surface area contributed by atoms with E-state index in [0.29, 0.717) is 51.4 Å². The Bertz CT molecular complexity index is 4360. The third-order valence-electron chi connectivity index (χ3n) is 11.8. The lowest BCUT2D eigenvalue weighted by atomic mass is 10.2. The van der Waals surface area contributed by atoms with Crippen LogP contribution in [0.25, 0.3) is 0 Å². The summed E-state index contributed by atoms with van der Waals surface area (Å²) in [6, 6.07) is 0. The van der Waals surface area contributed by atoms with E-state index in [1.165, 1.54) is 14.0 Å². The van der Waals surface area contributed by atoms with E-state index >= 15 is 0 Å². The first-order valence-electron chi connectivity index (χ1n) is 34.0. The third-order valence-corrected chi connectivity index (χ3v) is 16.8. The van der Waals surface area contributed by atoms with Gasteiger partial charge >= 0.3 is 59.7 Å². The minimum atomic E-state index is -0.965. The number of thioether (sulfide) groups is 6. The lowest BCUT2D eigenvalue weighted by Crippen LogP contribution is -2.20. The van der Waals surface area contributed by atoms with Crippen molar-refractivity contribution in [2.75, 3.05) is 87.9 Å². The topological polar surface area (TPSA) is 626 Å². The number of methoxy groups -OCH3 is 1. The number of hydrogen-bond acceptors (Lipinski definition) is 43. The van der Waals surface area contributed by atoms with Crippen molar-refractivity contribution in [3.63, 3.8) is 0 Å². The van der Waals surface area contributed by atoms with E-state index < -0.39 is 58.1 Å². The summed E-state index contributed by atoms with van der Waals surface area (Å²) in [6.07, 6.45) is 3.52. The smallest absolute Gasteiger partial charge is 0.316 e. The fraction of sp³-hybridized carbons (Fsp3) is 0.556. The molecule has 6 heterocycles. The Hall–Kier alpha value is -10.3. The van der Waals surface area contributed by atoms with E-state index in [1.54, 1.807) is 55.4 Å². The van der Waals surface area contributed by atoms with Gasteiger partial charge in [-0.15, -0.1) is 56.1 Å². The van der Waals surface area contributed by atoms with Gasteiger partial charge in [-0.2, -0.15) is 5.10 Å². The zero-order valence-electron chi connectivity index (χ0n) is 63.4. The van der Waals surface area contributed by atoms with E-state index in [4.69, 9.17) is 43.0 Å². The highest BCUT2D eigenvalue weighted by Gasteiger charge is 2.17. The zero-order chi connectivity index (χ0) is 84.5.